The van der Waals surface area contributed by atoms with Crippen LogP contribution in [0.1, 0.15) is 37.6 Å². The topological polar surface area (TPSA) is 74.6 Å². The van der Waals surface area contributed by atoms with Gasteiger partial charge in [0, 0.05) is 49.5 Å². The number of alkyl halides is 3. The lowest BCUT2D eigenvalue weighted by Crippen LogP contribution is -2.47. The molecule has 6 nitrogen and oxygen atoms in total. The highest BCUT2D eigenvalue weighted by Crippen LogP contribution is 2.48. The molecule has 3 heterocycles. The van der Waals surface area contributed by atoms with Crippen molar-refractivity contribution in [2.45, 2.75) is 45.1 Å². The minimum Gasteiger partial charge on any atom is -0.396 e. The Morgan fingerprint density at radius 3 is 2.69 bits per heavy atom. The van der Waals surface area contributed by atoms with Gasteiger partial charge in [-0.3, -0.25) is 14.5 Å². The van der Waals surface area contributed by atoms with Gasteiger partial charge in [0.25, 0.3) is 5.56 Å². The first-order valence-corrected chi connectivity index (χ1v) is 9.81. The van der Waals surface area contributed by atoms with Crippen LogP contribution in [0.2, 0.25) is 0 Å². The van der Waals surface area contributed by atoms with Gasteiger partial charge in [-0.2, -0.15) is 13.2 Å². The molecule has 2 N–H and O–H groups in total. The number of aliphatic hydroxyl groups excluding tert-OH is 1. The van der Waals surface area contributed by atoms with Crippen LogP contribution in [0.3, 0.4) is 0 Å². The number of rotatable bonds is 6. The van der Waals surface area contributed by atoms with Gasteiger partial charge in [0.15, 0.2) is 0 Å². The molecule has 3 rings (SSSR count). The molecule has 0 radical (unpaired) electrons. The Labute approximate surface area is 167 Å². The first kappa shape index (κ1) is 21.6. The number of hydrogen-bond acceptors (Lipinski definition) is 4. The van der Waals surface area contributed by atoms with E-state index in [9.17, 15) is 27.9 Å². The molecule has 0 unspecified atom stereocenters. The van der Waals surface area contributed by atoms with Crippen molar-refractivity contribution in [1.82, 2.24) is 14.8 Å². The highest BCUT2D eigenvalue weighted by molar-refractivity contribution is 5.80. The lowest BCUT2D eigenvalue weighted by Gasteiger charge is -2.38. The number of allylic oxidation sites excluding steroid dienone is 1. The van der Waals surface area contributed by atoms with Crippen LogP contribution in [-0.2, 0) is 11.3 Å². The summed E-state index contributed by atoms with van der Waals surface area (Å²) in [7, 11) is 0. The van der Waals surface area contributed by atoms with Crippen molar-refractivity contribution >= 4 is 12.0 Å². The molecule has 0 spiro atoms. The van der Waals surface area contributed by atoms with Crippen LogP contribution in [0.15, 0.2) is 23.0 Å². The first-order chi connectivity index (χ1) is 13.7. The van der Waals surface area contributed by atoms with Crippen molar-refractivity contribution in [2.75, 3.05) is 19.7 Å². The SMILES string of the molecule is C/C=C\c1ccc2n(c1=O)C[C@@H]1[C@@H](CO)[C@H](C(=O)NCC)[C@H]2N1CCC(F)(F)F. The Kier molecular flexibility index (Phi) is 6.19. The molecule has 0 saturated carbocycles. The number of pyridine rings is 1. The van der Waals surface area contributed by atoms with Gasteiger partial charge in [-0.1, -0.05) is 12.2 Å². The van der Waals surface area contributed by atoms with E-state index in [1.165, 1.54) is 0 Å². The number of fused-ring (bicyclic) bond motifs is 4. The van der Waals surface area contributed by atoms with E-state index in [0.29, 0.717) is 17.8 Å². The van der Waals surface area contributed by atoms with Crippen molar-refractivity contribution in [1.29, 1.82) is 0 Å². The fourth-order valence-electron chi connectivity index (χ4n) is 4.70. The number of aromatic nitrogens is 1. The molecule has 160 valence electrons. The van der Waals surface area contributed by atoms with E-state index in [1.54, 1.807) is 47.6 Å². The third-order valence-corrected chi connectivity index (χ3v) is 5.85. The number of carbonyl (C=O) groups excluding carboxylic acids is 1. The van der Waals surface area contributed by atoms with Gasteiger partial charge in [0.05, 0.1) is 18.4 Å². The number of nitrogens with one attached hydrogen (secondary N) is 1. The summed E-state index contributed by atoms with van der Waals surface area (Å²) in [5, 5.41) is 12.7. The van der Waals surface area contributed by atoms with E-state index in [2.05, 4.69) is 5.32 Å². The Balaban J connectivity index is 2.10. The zero-order valence-corrected chi connectivity index (χ0v) is 16.4. The minimum atomic E-state index is -4.33. The Hall–Kier alpha value is -2.13. The van der Waals surface area contributed by atoms with Crippen LogP contribution in [0.25, 0.3) is 6.08 Å². The van der Waals surface area contributed by atoms with Crippen molar-refractivity contribution in [3.05, 3.63) is 39.8 Å². The zero-order chi connectivity index (χ0) is 21.3. The second kappa shape index (κ2) is 8.31. The Morgan fingerprint density at radius 1 is 1.38 bits per heavy atom. The summed E-state index contributed by atoms with van der Waals surface area (Å²) in [6.45, 7) is 3.46. The smallest absolute Gasteiger partial charge is 0.390 e. The van der Waals surface area contributed by atoms with E-state index in [4.69, 9.17) is 0 Å². The lowest BCUT2D eigenvalue weighted by atomic mass is 9.86. The molecule has 1 aromatic rings. The zero-order valence-electron chi connectivity index (χ0n) is 16.4. The predicted octanol–water partition coefficient (Wildman–Crippen LogP) is 1.93. The first-order valence-electron chi connectivity index (χ1n) is 9.81. The van der Waals surface area contributed by atoms with Crippen molar-refractivity contribution in [3.63, 3.8) is 0 Å². The van der Waals surface area contributed by atoms with E-state index < -0.39 is 36.5 Å². The van der Waals surface area contributed by atoms with E-state index in [1.807, 2.05) is 0 Å². The molecular formula is C20H26F3N3O3. The van der Waals surface area contributed by atoms with Crippen LogP contribution >= 0.6 is 0 Å². The number of hydrogen-bond donors (Lipinski definition) is 2. The molecule has 2 bridgehead atoms. The fourth-order valence-corrected chi connectivity index (χ4v) is 4.70. The summed E-state index contributed by atoms with van der Waals surface area (Å²) in [5.74, 6) is -1.59. The Bertz CT molecular complexity index is 850. The second-order valence-corrected chi connectivity index (χ2v) is 7.51. The van der Waals surface area contributed by atoms with Gasteiger partial charge in [0.1, 0.15) is 0 Å². The van der Waals surface area contributed by atoms with Crippen molar-refractivity contribution in [3.8, 4) is 0 Å². The fraction of sp³-hybridized carbons (Fsp3) is 0.600. The normalized spacial score (nSPS) is 26.7. The molecule has 0 aliphatic carbocycles. The van der Waals surface area contributed by atoms with E-state index in [0.717, 1.165) is 0 Å². The summed E-state index contributed by atoms with van der Waals surface area (Å²) in [6.07, 6.45) is -1.92. The van der Waals surface area contributed by atoms with Crippen molar-refractivity contribution in [2.24, 2.45) is 11.8 Å². The summed E-state index contributed by atoms with van der Waals surface area (Å²) < 4.78 is 40.3. The molecular weight excluding hydrogens is 387 g/mol. The molecule has 2 aliphatic heterocycles. The van der Waals surface area contributed by atoms with Crippen LogP contribution < -0.4 is 10.9 Å². The summed E-state index contributed by atoms with van der Waals surface area (Å²) in [6, 6.07) is 2.14. The average Bonchev–Trinajstić information content (AvgIpc) is 2.88. The van der Waals surface area contributed by atoms with Crippen molar-refractivity contribution < 1.29 is 23.1 Å². The van der Waals surface area contributed by atoms with Gasteiger partial charge < -0.3 is 15.0 Å². The molecule has 0 aromatic carbocycles. The third kappa shape index (κ3) is 3.98. The maximum Gasteiger partial charge on any atom is 0.390 e. The second-order valence-electron chi connectivity index (χ2n) is 7.51. The third-order valence-electron chi connectivity index (χ3n) is 5.85. The van der Waals surface area contributed by atoms with Gasteiger partial charge >= 0.3 is 6.18 Å². The molecule has 1 amide bonds. The van der Waals surface area contributed by atoms with Gasteiger partial charge in [-0.05, 0) is 26.0 Å². The number of halogens is 3. The summed E-state index contributed by atoms with van der Waals surface area (Å²) >= 11 is 0. The van der Waals surface area contributed by atoms with Gasteiger partial charge in [0.2, 0.25) is 5.91 Å². The molecule has 1 aromatic heterocycles. The van der Waals surface area contributed by atoms with Crippen LogP contribution in [0.5, 0.6) is 0 Å². The number of aliphatic hydroxyl groups is 1. The Morgan fingerprint density at radius 2 is 2.10 bits per heavy atom. The van der Waals surface area contributed by atoms with Crippen LogP contribution in [-0.4, -0.2) is 52.4 Å². The highest BCUT2D eigenvalue weighted by atomic mass is 19.4. The van der Waals surface area contributed by atoms with E-state index >= 15 is 0 Å². The summed E-state index contributed by atoms with van der Waals surface area (Å²) in [5.41, 5.74) is 0.766. The van der Waals surface area contributed by atoms with Gasteiger partial charge in [-0.25, -0.2) is 0 Å². The molecule has 1 fully saturated rings. The van der Waals surface area contributed by atoms with Crippen LogP contribution in [0, 0.1) is 11.8 Å². The largest absolute Gasteiger partial charge is 0.396 e. The molecule has 29 heavy (non-hydrogen) atoms. The number of amides is 1. The maximum atomic E-state index is 12.9. The molecule has 1 saturated heterocycles. The number of nitrogens with zero attached hydrogens (tertiary/aromatic N) is 2. The quantitative estimate of drug-likeness (QED) is 0.748. The summed E-state index contributed by atoms with van der Waals surface area (Å²) in [4.78, 5) is 27.3. The molecule has 9 heteroatoms. The number of carbonyl (C=O) groups is 1. The maximum absolute atomic E-state index is 12.9. The van der Waals surface area contributed by atoms with E-state index in [-0.39, 0.29) is 31.2 Å². The average molecular weight is 413 g/mol. The minimum absolute atomic E-state index is 0.148. The monoisotopic (exact) mass is 413 g/mol. The standard InChI is InChI=1S/C20H26F3N3O3/c1-3-5-12-6-7-14-17-16(18(28)24-4-2)13(11-27)15(10-26(14)19(12)29)25(17)9-8-20(21,22)23/h3,5-7,13,15-17,27H,4,8-11H2,1-2H3,(H,24,28)/b5-3-/t13-,15-,16+,17+/m1/s1. The molecule has 4 atom stereocenters. The van der Waals surface area contributed by atoms with Gasteiger partial charge in [-0.15, -0.1) is 0 Å². The highest BCUT2D eigenvalue weighted by Gasteiger charge is 2.55. The predicted molar refractivity (Wildman–Crippen MR) is 102 cm³/mol. The lowest BCUT2D eigenvalue weighted by molar-refractivity contribution is -0.140. The van der Waals surface area contributed by atoms with Crippen LogP contribution in [0.4, 0.5) is 13.2 Å². The molecule has 2 aliphatic rings.